The summed E-state index contributed by atoms with van der Waals surface area (Å²) < 4.78 is 0. The van der Waals surface area contributed by atoms with Crippen molar-refractivity contribution in [2.75, 3.05) is 65.4 Å². The topological polar surface area (TPSA) is 16.2 Å². The Balaban J connectivity index is 1.11. The van der Waals surface area contributed by atoms with Crippen LogP contribution >= 0.6 is 0 Å². The van der Waals surface area contributed by atoms with Crippen molar-refractivity contribution < 1.29 is 0 Å². The third-order valence-corrected chi connectivity index (χ3v) is 16.4. The van der Waals surface area contributed by atoms with Crippen LogP contribution in [0.1, 0.15) is 85.8 Å². The molecule has 0 radical (unpaired) electrons. The van der Waals surface area contributed by atoms with Crippen LogP contribution in [0.15, 0.2) is 303 Å². The lowest BCUT2D eigenvalue weighted by molar-refractivity contribution is 0.120. The third kappa shape index (κ3) is 13.5. The molecule has 0 aliphatic carbocycles. The SMILES string of the molecule is c1ccc(C(c2ccccc2)N2CCN(C(c3ccccc3)c3ccccc3)CCN(C(c3ccccc3)c3ccccc3)CCN(C(c3ccccc3)c3ccccc3)CCN(C(c3ccccc3)c3ccccc3)CC2)cc1. The zero-order valence-electron chi connectivity index (χ0n) is 46.1. The molecule has 0 N–H and O–H groups in total. The van der Waals surface area contributed by atoms with Crippen LogP contribution in [0, 0.1) is 0 Å². The summed E-state index contributed by atoms with van der Waals surface area (Å²) in [5.41, 5.74) is 13.1. The van der Waals surface area contributed by atoms with E-state index in [9.17, 15) is 0 Å². The van der Waals surface area contributed by atoms with Crippen LogP contribution in [0.4, 0.5) is 0 Å². The van der Waals surface area contributed by atoms with Crippen molar-refractivity contribution in [2.24, 2.45) is 0 Å². The average molecular weight is 1050 g/mol. The standard InChI is InChI=1S/C75H75N5/c1-11-31-61(32-12-1)71(62-33-13-2-14-34-62)76-51-53-77(72(63-35-15-3-16-36-63)64-37-17-4-18-38-64)55-57-79(74(67-43-23-7-24-44-67)68-45-25-8-26-46-68)59-60-80(75(69-47-27-9-28-48-69)70-49-29-10-30-50-70)58-56-78(54-52-76)73(65-39-19-5-20-40-65)66-41-21-6-22-42-66/h1-50,71-75H,51-60H2. The van der Waals surface area contributed by atoms with Gasteiger partial charge in [-0.25, -0.2) is 0 Å². The minimum absolute atomic E-state index is 0.0182. The van der Waals surface area contributed by atoms with Gasteiger partial charge in [-0.3, -0.25) is 24.5 Å². The fourth-order valence-electron chi connectivity index (χ4n) is 12.6. The van der Waals surface area contributed by atoms with Gasteiger partial charge in [-0.2, -0.15) is 0 Å². The van der Waals surface area contributed by atoms with E-state index < -0.39 is 0 Å². The number of rotatable bonds is 15. The van der Waals surface area contributed by atoms with Crippen LogP contribution in [-0.4, -0.2) is 89.9 Å². The molecule has 1 aliphatic heterocycles. The third-order valence-electron chi connectivity index (χ3n) is 16.4. The van der Waals surface area contributed by atoms with Gasteiger partial charge in [0.1, 0.15) is 0 Å². The molecule has 0 unspecified atom stereocenters. The predicted octanol–water partition coefficient (Wildman–Crippen LogP) is 15.5. The summed E-state index contributed by atoms with van der Waals surface area (Å²) in [5, 5.41) is 0. The van der Waals surface area contributed by atoms with Gasteiger partial charge in [0.15, 0.2) is 0 Å². The van der Waals surface area contributed by atoms with Gasteiger partial charge in [-0.1, -0.05) is 303 Å². The molecular formula is C75H75N5. The highest BCUT2D eigenvalue weighted by Gasteiger charge is 2.33. The van der Waals surface area contributed by atoms with E-state index in [1.807, 2.05) is 0 Å². The Kier molecular flexibility index (Phi) is 18.7. The molecule has 0 spiro atoms. The monoisotopic (exact) mass is 1050 g/mol. The summed E-state index contributed by atoms with van der Waals surface area (Å²) >= 11 is 0. The van der Waals surface area contributed by atoms with Crippen LogP contribution in [0.3, 0.4) is 0 Å². The fraction of sp³-hybridized carbons (Fsp3) is 0.200. The zero-order valence-corrected chi connectivity index (χ0v) is 46.1. The first kappa shape index (κ1) is 54.0. The minimum atomic E-state index is 0.0182. The molecule has 0 aromatic heterocycles. The Morgan fingerprint density at radius 1 is 0.138 bits per heavy atom. The van der Waals surface area contributed by atoms with E-state index in [2.05, 4.69) is 328 Å². The van der Waals surface area contributed by atoms with Crippen LogP contribution in [0.25, 0.3) is 0 Å². The summed E-state index contributed by atoms with van der Waals surface area (Å²) in [5.74, 6) is 0. The lowest BCUT2D eigenvalue weighted by atomic mass is 9.95. The fourth-order valence-corrected chi connectivity index (χ4v) is 12.6. The van der Waals surface area contributed by atoms with Gasteiger partial charge in [-0.05, 0) is 55.6 Å². The molecule has 1 aliphatic rings. The van der Waals surface area contributed by atoms with Gasteiger partial charge in [0.25, 0.3) is 0 Å². The molecule has 400 valence electrons. The normalized spacial score (nSPS) is 15.3. The first-order valence-corrected chi connectivity index (χ1v) is 28.9. The molecule has 1 fully saturated rings. The molecule has 0 bridgehead atoms. The molecule has 0 saturated carbocycles. The summed E-state index contributed by atoms with van der Waals surface area (Å²) in [6.45, 7) is 8.44. The van der Waals surface area contributed by atoms with Crippen LogP contribution in [0.5, 0.6) is 0 Å². The Bertz CT molecular complexity index is 2560. The van der Waals surface area contributed by atoms with Gasteiger partial charge in [0.05, 0.1) is 30.2 Å². The molecule has 10 aromatic carbocycles. The van der Waals surface area contributed by atoms with E-state index in [0.717, 1.165) is 65.4 Å². The van der Waals surface area contributed by atoms with Gasteiger partial charge in [-0.15, -0.1) is 0 Å². The van der Waals surface area contributed by atoms with Gasteiger partial charge in [0, 0.05) is 65.4 Å². The van der Waals surface area contributed by atoms with E-state index in [1.165, 1.54) is 55.6 Å². The van der Waals surface area contributed by atoms with E-state index >= 15 is 0 Å². The van der Waals surface area contributed by atoms with Crippen molar-refractivity contribution >= 4 is 0 Å². The van der Waals surface area contributed by atoms with Crippen molar-refractivity contribution in [2.45, 2.75) is 30.2 Å². The molecule has 11 rings (SSSR count). The molecule has 10 aromatic rings. The van der Waals surface area contributed by atoms with Crippen LogP contribution < -0.4 is 0 Å². The molecule has 5 heteroatoms. The predicted molar refractivity (Wildman–Crippen MR) is 332 cm³/mol. The van der Waals surface area contributed by atoms with Gasteiger partial charge in [0.2, 0.25) is 0 Å². The summed E-state index contributed by atoms with van der Waals surface area (Å²) in [6, 6.07) is 113. The Morgan fingerprint density at radius 2 is 0.225 bits per heavy atom. The second kappa shape index (κ2) is 27.7. The van der Waals surface area contributed by atoms with Gasteiger partial charge < -0.3 is 0 Å². The summed E-state index contributed by atoms with van der Waals surface area (Å²) in [4.78, 5) is 14.1. The lowest BCUT2D eigenvalue weighted by Crippen LogP contribution is -2.45. The molecule has 1 saturated heterocycles. The zero-order chi connectivity index (χ0) is 54.0. The van der Waals surface area contributed by atoms with Crippen molar-refractivity contribution in [1.82, 2.24) is 24.5 Å². The van der Waals surface area contributed by atoms with E-state index in [-0.39, 0.29) is 30.2 Å². The molecular weight excluding hydrogens is 971 g/mol. The smallest absolute Gasteiger partial charge is 0.0602 e. The number of benzene rings is 10. The Morgan fingerprint density at radius 3 is 0.312 bits per heavy atom. The maximum absolute atomic E-state index is 2.81. The quantitative estimate of drug-likeness (QED) is 0.101. The Hall–Kier alpha value is -8.00. The molecule has 5 nitrogen and oxygen atoms in total. The van der Waals surface area contributed by atoms with E-state index in [0.29, 0.717) is 0 Å². The second-order valence-electron chi connectivity index (χ2n) is 21.3. The number of hydrogen-bond donors (Lipinski definition) is 0. The molecule has 80 heavy (non-hydrogen) atoms. The number of hydrogen-bond acceptors (Lipinski definition) is 5. The minimum Gasteiger partial charge on any atom is -0.290 e. The largest absolute Gasteiger partial charge is 0.290 e. The van der Waals surface area contributed by atoms with Gasteiger partial charge >= 0.3 is 0 Å². The maximum atomic E-state index is 2.81. The van der Waals surface area contributed by atoms with Crippen molar-refractivity contribution in [3.63, 3.8) is 0 Å². The van der Waals surface area contributed by atoms with Crippen molar-refractivity contribution in [3.05, 3.63) is 359 Å². The molecule has 0 amide bonds. The highest BCUT2D eigenvalue weighted by Crippen LogP contribution is 2.37. The summed E-state index contributed by atoms with van der Waals surface area (Å²) in [6.07, 6.45) is 0. The molecule has 0 atom stereocenters. The van der Waals surface area contributed by atoms with Crippen LogP contribution in [-0.2, 0) is 0 Å². The van der Waals surface area contributed by atoms with Crippen LogP contribution in [0.2, 0.25) is 0 Å². The highest BCUT2D eigenvalue weighted by molar-refractivity contribution is 5.38. The number of nitrogens with zero attached hydrogens (tertiary/aromatic N) is 5. The van der Waals surface area contributed by atoms with E-state index in [4.69, 9.17) is 0 Å². The first-order valence-electron chi connectivity index (χ1n) is 28.9. The first-order chi connectivity index (χ1) is 39.7. The summed E-state index contributed by atoms with van der Waals surface area (Å²) in [7, 11) is 0. The van der Waals surface area contributed by atoms with E-state index in [1.54, 1.807) is 0 Å². The highest BCUT2D eigenvalue weighted by atomic mass is 15.3. The van der Waals surface area contributed by atoms with Crippen molar-refractivity contribution in [3.8, 4) is 0 Å². The Labute approximate surface area is 476 Å². The second-order valence-corrected chi connectivity index (χ2v) is 21.3. The maximum Gasteiger partial charge on any atom is 0.0602 e. The molecule has 1 heterocycles. The van der Waals surface area contributed by atoms with Crippen molar-refractivity contribution in [1.29, 1.82) is 0 Å². The lowest BCUT2D eigenvalue weighted by Gasteiger charge is -2.40. The average Bonchev–Trinajstić information content (AvgIpc) is 3.55.